The number of amides is 1. The molecule has 0 aromatic carbocycles. The fourth-order valence-corrected chi connectivity index (χ4v) is 3.32. The average Bonchev–Trinajstić information content (AvgIpc) is 2.67. The first-order chi connectivity index (χ1) is 12.1. The SMILES string of the molecule is CN(C)c1nccc([C@H]2CN(C(=O)COC3CCCCC3)CCO2)n1. The quantitative estimate of drug-likeness (QED) is 0.808. The highest BCUT2D eigenvalue weighted by atomic mass is 16.5. The van der Waals surface area contributed by atoms with E-state index in [2.05, 4.69) is 9.97 Å². The van der Waals surface area contributed by atoms with Gasteiger partial charge in [0.05, 0.1) is 24.9 Å². The van der Waals surface area contributed by atoms with Crippen molar-refractivity contribution in [2.24, 2.45) is 0 Å². The van der Waals surface area contributed by atoms with Crippen LogP contribution in [-0.4, -0.2) is 67.3 Å². The Hall–Kier alpha value is -1.73. The Morgan fingerprint density at radius 3 is 2.92 bits per heavy atom. The standard InChI is InChI=1S/C18H28N4O3/c1-21(2)18-19-9-8-15(20-18)16-12-22(10-11-24-16)17(23)13-25-14-6-4-3-5-7-14/h8-9,14,16H,3-7,10-13H2,1-2H3/t16-/m1/s1. The average molecular weight is 348 g/mol. The number of nitrogens with zero attached hydrogens (tertiary/aromatic N) is 4. The maximum absolute atomic E-state index is 12.5. The first-order valence-electron chi connectivity index (χ1n) is 9.14. The summed E-state index contributed by atoms with van der Waals surface area (Å²) in [7, 11) is 3.80. The number of morpholine rings is 1. The molecule has 2 heterocycles. The molecule has 1 aromatic heterocycles. The third kappa shape index (κ3) is 4.89. The molecular weight excluding hydrogens is 320 g/mol. The van der Waals surface area contributed by atoms with Crippen molar-refractivity contribution >= 4 is 11.9 Å². The Balaban J connectivity index is 1.55. The van der Waals surface area contributed by atoms with E-state index < -0.39 is 0 Å². The first-order valence-corrected chi connectivity index (χ1v) is 9.14. The second-order valence-corrected chi connectivity index (χ2v) is 6.95. The van der Waals surface area contributed by atoms with Crippen molar-refractivity contribution in [1.82, 2.24) is 14.9 Å². The monoisotopic (exact) mass is 348 g/mol. The summed E-state index contributed by atoms with van der Waals surface area (Å²) >= 11 is 0. The minimum Gasteiger partial charge on any atom is -0.368 e. The molecule has 1 aromatic rings. The van der Waals surface area contributed by atoms with Crippen molar-refractivity contribution < 1.29 is 14.3 Å². The van der Waals surface area contributed by atoms with Crippen LogP contribution in [0.5, 0.6) is 0 Å². The maximum Gasteiger partial charge on any atom is 0.248 e. The van der Waals surface area contributed by atoms with Crippen molar-refractivity contribution in [1.29, 1.82) is 0 Å². The molecule has 1 saturated carbocycles. The summed E-state index contributed by atoms with van der Waals surface area (Å²) in [5, 5.41) is 0. The van der Waals surface area contributed by atoms with Gasteiger partial charge in [-0.25, -0.2) is 9.97 Å². The molecule has 7 nitrogen and oxygen atoms in total. The van der Waals surface area contributed by atoms with Crippen LogP contribution in [0.2, 0.25) is 0 Å². The molecule has 1 aliphatic heterocycles. The molecule has 0 N–H and O–H groups in total. The van der Waals surface area contributed by atoms with E-state index in [1.54, 1.807) is 6.20 Å². The lowest BCUT2D eigenvalue weighted by Crippen LogP contribution is -2.44. The first kappa shape index (κ1) is 18.1. The Labute approximate surface area is 149 Å². The Bertz CT molecular complexity index is 575. The van der Waals surface area contributed by atoms with Gasteiger partial charge in [-0.2, -0.15) is 0 Å². The molecule has 0 spiro atoms. The molecule has 0 unspecified atom stereocenters. The van der Waals surface area contributed by atoms with Gasteiger partial charge in [0.15, 0.2) is 0 Å². The highest BCUT2D eigenvalue weighted by molar-refractivity contribution is 5.77. The number of aromatic nitrogens is 2. The summed E-state index contributed by atoms with van der Waals surface area (Å²) in [4.78, 5) is 24.9. The molecule has 138 valence electrons. The predicted molar refractivity (Wildman–Crippen MR) is 94.5 cm³/mol. The van der Waals surface area contributed by atoms with E-state index in [9.17, 15) is 4.79 Å². The van der Waals surface area contributed by atoms with Crippen LogP contribution in [-0.2, 0) is 14.3 Å². The number of rotatable bonds is 5. The van der Waals surface area contributed by atoms with Crippen molar-refractivity contribution in [2.75, 3.05) is 45.3 Å². The van der Waals surface area contributed by atoms with E-state index in [0.29, 0.717) is 25.6 Å². The zero-order valence-corrected chi connectivity index (χ0v) is 15.2. The molecule has 0 bridgehead atoms. The molecule has 1 saturated heterocycles. The van der Waals surface area contributed by atoms with Crippen LogP contribution in [0.25, 0.3) is 0 Å². The fourth-order valence-electron chi connectivity index (χ4n) is 3.32. The van der Waals surface area contributed by atoms with Crippen LogP contribution in [0, 0.1) is 0 Å². The van der Waals surface area contributed by atoms with Crippen molar-refractivity contribution in [3.63, 3.8) is 0 Å². The van der Waals surface area contributed by atoms with E-state index in [0.717, 1.165) is 18.5 Å². The van der Waals surface area contributed by atoms with E-state index >= 15 is 0 Å². The lowest BCUT2D eigenvalue weighted by molar-refractivity contribution is -0.146. The van der Waals surface area contributed by atoms with Crippen molar-refractivity contribution in [3.8, 4) is 0 Å². The minimum absolute atomic E-state index is 0.0424. The smallest absolute Gasteiger partial charge is 0.248 e. The molecule has 25 heavy (non-hydrogen) atoms. The molecule has 2 fully saturated rings. The van der Waals surface area contributed by atoms with Crippen molar-refractivity contribution in [2.45, 2.75) is 44.3 Å². The zero-order chi connectivity index (χ0) is 17.6. The van der Waals surface area contributed by atoms with Gasteiger partial charge in [0.1, 0.15) is 12.7 Å². The number of carbonyl (C=O) groups excluding carboxylic acids is 1. The van der Waals surface area contributed by atoms with Gasteiger partial charge in [-0.1, -0.05) is 19.3 Å². The van der Waals surface area contributed by atoms with Crippen LogP contribution < -0.4 is 4.90 Å². The lowest BCUT2D eigenvalue weighted by atomic mass is 9.98. The van der Waals surface area contributed by atoms with Crippen LogP contribution in [0.15, 0.2) is 12.3 Å². The summed E-state index contributed by atoms with van der Waals surface area (Å²) in [5.74, 6) is 0.686. The summed E-state index contributed by atoms with van der Waals surface area (Å²) in [6, 6.07) is 1.85. The molecule has 1 aliphatic carbocycles. The van der Waals surface area contributed by atoms with Crippen LogP contribution in [0.1, 0.15) is 43.9 Å². The Morgan fingerprint density at radius 2 is 2.16 bits per heavy atom. The van der Waals surface area contributed by atoms with Gasteiger partial charge in [0, 0.05) is 26.8 Å². The van der Waals surface area contributed by atoms with E-state index in [1.807, 2.05) is 30.0 Å². The number of hydrogen-bond acceptors (Lipinski definition) is 6. The fraction of sp³-hybridized carbons (Fsp3) is 0.722. The number of ether oxygens (including phenoxy) is 2. The van der Waals surface area contributed by atoms with Gasteiger partial charge in [-0.15, -0.1) is 0 Å². The molecule has 7 heteroatoms. The largest absolute Gasteiger partial charge is 0.368 e. The van der Waals surface area contributed by atoms with Crippen LogP contribution >= 0.6 is 0 Å². The van der Waals surface area contributed by atoms with Gasteiger partial charge in [-0.3, -0.25) is 4.79 Å². The number of anilines is 1. The van der Waals surface area contributed by atoms with E-state index in [1.165, 1.54) is 19.3 Å². The van der Waals surface area contributed by atoms with Crippen molar-refractivity contribution in [3.05, 3.63) is 18.0 Å². The lowest BCUT2D eigenvalue weighted by Gasteiger charge is -2.33. The Kier molecular flexibility index (Phi) is 6.20. The minimum atomic E-state index is -0.214. The third-order valence-electron chi connectivity index (χ3n) is 4.81. The third-order valence-corrected chi connectivity index (χ3v) is 4.81. The summed E-state index contributed by atoms with van der Waals surface area (Å²) in [6.07, 6.45) is 7.62. The summed E-state index contributed by atoms with van der Waals surface area (Å²) in [5.41, 5.74) is 0.810. The second-order valence-electron chi connectivity index (χ2n) is 6.95. The van der Waals surface area contributed by atoms with Gasteiger partial charge in [-0.05, 0) is 18.9 Å². The van der Waals surface area contributed by atoms with E-state index in [-0.39, 0.29) is 24.7 Å². The van der Waals surface area contributed by atoms with Gasteiger partial charge in [0.2, 0.25) is 11.9 Å². The molecule has 2 aliphatic rings. The molecule has 0 radical (unpaired) electrons. The van der Waals surface area contributed by atoms with Gasteiger partial charge < -0.3 is 19.3 Å². The van der Waals surface area contributed by atoms with Gasteiger partial charge >= 0.3 is 0 Å². The number of carbonyl (C=O) groups is 1. The highest BCUT2D eigenvalue weighted by Crippen LogP contribution is 2.23. The molecule has 1 atom stereocenters. The Morgan fingerprint density at radius 1 is 1.36 bits per heavy atom. The zero-order valence-electron chi connectivity index (χ0n) is 15.2. The summed E-state index contributed by atoms with van der Waals surface area (Å²) in [6.45, 7) is 1.80. The van der Waals surface area contributed by atoms with E-state index in [4.69, 9.17) is 9.47 Å². The van der Waals surface area contributed by atoms with Crippen LogP contribution in [0.3, 0.4) is 0 Å². The second kappa shape index (κ2) is 8.58. The van der Waals surface area contributed by atoms with Crippen LogP contribution in [0.4, 0.5) is 5.95 Å². The predicted octanol–water partition coefficient (Wildman–Crippen LogP) is 1.79. The van der Waals surface area contributed by atoms with Gasteiger partial charge in [0.25, 0.3) is 0 Å². The normalized spacial score (nSPS) is 22.0. The summed E-state index contributed by atoms with van der Waals surface area (Å²) < 4.78 is 11.7. The topological polar surface area (TPSA) is 67.8 Å². The highest BCUT2D eigenvalue weighted by Gasteiger charge is 2.27. The molecule has 3 rings (SSSR count). The maximum atomic E-state index is 12.5. The molecule has 1 amide bonds. The number of hydrogen-bond donors (Lipinski definition) is 0. The molecular formula is C18H28N4O3.